The van der Waals surface area contributed by atoms with Crippen molar-refractivity contribution in [3.63, 3.8) is 0 Å². The van der Waals surface area contributed by atoms with Crippen LogP contribution in [0.5, 0.6) is 0 Å². The Balaban J connectivity index is 1.81. The average molecular weight is 280 g/mol. The van der Waals surface area contributed by atoms with Gasteiger partial charge >= 0.3 is 0 Å². The number of nitrogens with zero attached hydrogens (tertiary/aromatic N) is 1. The molecule has 1 aliphatic carbocycles. The summed E-state index contributed by atoms with van der Waals surface area (Å²) in [5, 5.41) is 4.23. The molecule has 0 atom stereocenters. The maximum absolute atomic E-state index is 12.2. The molecule has 0 unspecified atom stereocenters. The highest BCUT2D eigenvalue weighted by Gasteiger charge is 2.35. The van der Waals surface area contributed by atoms with E-state index in [0.29, 0.717) is 6.54 Å². The maximum atomic E-state index is 12.2. The first-order valence-electron chi connectivity index (χ1n) is 7.28. The second kappa shape index (κ2) is 6.04. The van der Waals surface area contributed by atoms with E-state index in [-0.39, 0.29) is 11.3 Å². The highest BCUT2D eigenvalue weighted by molar-refractivity contribution is 7.11. The fraction of sp³-hybridized carbons (Fsp3) is 0.733. The Labute approximate surface area is 119 Å². The van der Waals surface area contributed by atoms with Crippen LogP contribution in [-0.2, 0) is 17.6 Å². The van der Waals surface area contributed by atoms with Crippen LogP contribution in [0.25, 0.3) is 0 Å². The molecule has 1 aromatic heterocycles. The minimum Gasteiger partial charge on any atom is -0.355 e. The molecule has 1 amide bonds. The van der Waals surface area contributed by atoms with Crippen LogP contribution in [0.1, 0.15) is 55.1 Å². The zero-order valence-electron chi connectivity index (χ0n) is 12.2. The lowest BCUT2D eigenvalue weighted by atomic mass is 9.88. The smallest absolute Gasteiger partial charge is 0.225 e. The predicted octanol–water partition coefficient (Wildman–Crippen LogP) is 3.25. The fourth-order valence-electron chi connectivity index (χ4n) is 2.80. The molecule has 19 heavy (non-hydrogen) atoms. The number of amides is 1. The Morgan fingerprint density at radius 2 is 2.11 bits per heavy atom. The van der Waals surface area contributed by atoms with E-state index in [4.69, 9.17) is 0 Å². The molecular formula is C15H24N2OS. The van der Waals surface area contributed by atoms with Crippen LogP contribution in [0.2, 0.25) is 0 Å². The molecule has 3 nitrogen and oxygen atoms in total. The average Bonchev–Trinajstić information content (AvgIpc) is 2.96. The van der Waals surface area contributed by atoms with Crippen LogP contribution in [-0.4, -0.2) is 17.4 Å². The molecular weight excluding hydrogens is 256 g/mol. The zero-order chi connectivity index (χ0) is 13.9. The Hall–Kier alpha value is -0.900. The van der Waals surface area contributed by atoms with E-state index in [0.717, 1.165) is 30.7 Å². The van der Waals surface area contributed by atoms with Crippen molar-refractivity contribution >= 4 is 17.2 Å². The van der Waals surface area contributed by atoms with Gasteiger partial charge in [0.15, 0.2) is 0 Å². The number of aryl methyl sites for hydroxylation is 2. The molecule has 0 aliphatic heterocycles. The number of thiazole rings is 1. The molecule has 1 saturated carbocycles. The summed E-state index contributed by atoms with van der Waals surface area (Å²) in [4.78, 5) is 18.1. The SMILES string of the molecule is CCc1nc(CCNC(=O)C2(C)CCCC2)sc1C. The third kappa shape index (κ3) is 3.35. The van der Waals surface area contributed by atoms with Gasteiger partial charge in [0.1, 0.15) is 0 Å². The molecule has 0 spiro atoms. The largest absolute Gasteiger partial charge is 0.355 e. The summed E-state index contributed by atoms with van der Waals surface area (Å²) in [7, 11) is 0. The number of nitrogens with one attached hydrogen (secondary N) is 1. The van der Waals surface area contributed by atoms with Gasteiger partial charge in [-0.25, -0.2) is 4.98 Å². The maximum Gasteiger partial charge on any atom is 0.225 e. The zero-order valence-corrected chi connectivity index (χ0v) is 13.0. The summed E-state index contributed by atoms with van der Waals surface area (Å²) < 4.78 is 0. The summed E-state index contributed by atoms with van der Waals surface area (Å²) in [6.07, 6.45) is 6.30. The van der Waals surface area contributed by atoms with Crippen LogP contribution in [0.3, 0.4) is 0 Å². The van der Waals surface area contributed by atoms with Crippen LogP contribution in [0, 0.1) is 12.3 Å². The van der Waals surface area contributed by atoms with Gasteiger partial charge < -0.3 is 5.32 Å². The topological polar surface area (TPSA) is 42.0 Å². The molecule has 1 heterocycles. The third-order valence-corrected chi connectivity index (χ3v) is 5.22. The highest BCUT2D eigenvalue weighted by atomic mass is 32.1. The van der Waals surface area contributed by atoms with Gasteiger partial charge in [0.25, 0.3) is 0 Å². The normalized spacial score (nSPS) is 17.6. The predicted molar refractivity (Wildman–Crippen MR) is 79.5 cm³/mol. The molecule has 0 aromatic carbocycles. The van der Waals surface area contributed by atoms with Gasteiger partial charge in [0, 0.05) is 23.3 Å². The van der Waals surface area contributed by atoms with E-state index in [1.807, 2.05) is 0 Å². The van der Waals surface area contributed by atoms with Gasteiger partial charge in [-0.1, -0.05) is 26.7 Å². The number of rotatable bonds is 5. The molecule has 1 fully saturated rings. The Morgan fingerprint density at radius 1 is 1.42 bits per heavy atom. The monoisotopic (exact) mass is 280 g/mol. The van der Waals surface area contributed by atoms with Crippen LogP contribution < -0.4 is 5.32 Å². The molecule has 106 valence electrons. The van der Waals surface area contributed by atoms with Crippen LogP contribution in [0.4, 0.5) is 0 Å². The Kier molecular flexibility index (Phi) is 4.61. The second-order valence-corrected chi connectivity index (χ2v) is 7.03. The Bertz CT molecular complexity index is 447. The quantitative estimate of drug-likeness (QED) is 0.899. The molecule has 0 radical (unpaired) electrons. The van der Waals surface area contributed by atoms with E-state index >= 15 is 0 Å². The van der Waals surface area contributed by atoms with Crippen molar-refractivity contribution in [2.45, 2.75) is 59.3 Å². The summed E-state index contributed by atoms with van der Waals surface area (Å²) in [5.41, 5.74) is 1.09. The van der Waals surface area contributed by atoms with Crippen molar-refractivity contribution in [3.05, 3.63) is 15.6 Å². The number of carbonyl (C=O) groups is 1. The minimum absolute atomic E-state index is 0.118. The van der Waals surface area contributed by atoms with E-state index in [1.165, 1.54) is 23.4 Å². The van der Waals surface area contributed by atoms with Crippen molar-refractivity contribution in [1.82, 2.24) is 10.3 Å². The van der Waals surface area contributed by atoms with Gasteiger partial charge in [-0.3, -0.25) is 4.79 Å². The van der Waals surface area contributed by atoms with E-state index in [2.05, 4.69) is 31.1 Å². The summed E-state index contributed by atoms with van der Waals surface area (Å²) in [6, 6.07) is 0. The van der Waals surface area contributed by atoms with Crippen molar-refractivity contribution in [3.8, 4) is 0 Å². The summed E-state index contributed by atoms with van der Waals surface area (Å²) in [6.45, 7) is 7.06. The summed E-state index contributed by atoms with van der Waals surface area (Å²) >= 11 is 1.76. The first kappa shape index (κ1) is 14.5. The van der Waals surface area contributed by atoms with Crippen molar-refractivity contribution in [1.29, 1.82) is 0 Å². The lowest BCUT2D eigenvalue weighted by Crippen LogP contribution is -2.38. The van der Waals surface area contributed by atoms with Crippen molar-refractivity contribution < 1.29 is 4.79 Å². The van der Waals surface area contributed by atoms with Crippen LogP contribution >= 0.6 is 11.3 Å². The minimum atomic E-state index is -0.118. The van der Waals surface area contributed by atoms with Crippen molar-refractivity contribution in [2.24, 2.45) is 5.41 Å². The molecule has 1 aromatic rings. The van der Waals surface area contributed by atoms with E-state index in [9.17, 15) is 4.79 Å². The molecule has 1 aliphatic rings. The lowest BCUT2D eigenvalue weighted by Gasteiger charge is -2.21. The van der Waals surface area contributed by atoms with E-state index in [1.54, 1.807) is 11.3 Å². The molecule has 1 N–H and O–H groups in total. The molecule has 2 rings (SSSR count). The standard InChI is InChI=1S/C15H24N2OS/c1-4-12-11(2)19-13(17-12)7-10-16-14(18)15(3)8-5-6-9-15/h4-10H2,1-3H3,(H,16,18). The number of hydrogen-bond donors (Lipinski definition) is 1. The van der Waals surface area contributed by atoms with Gasteiger partial charge in [0.2, 0.25) is 5.91 Å². The number of hydrogen-bond acceptors (Lipinski definition) is 3. The Morgan fingerprint density at radius 3 is 2.68 bits per heavy atom. The van der Waals surface area contributed by atoms with Gasteiger partial charge in [-0.05, 0) is 26.2 Å². The van der Waals surface area contributed by atoms with Gasteiger partial charge in [-0.2, -0.15) is 0 Å². The highest BCUT2D eigenvalue weighted by Crippen LogP contribution is 2.37. The number of carbonyl (C=O) groups excluding carboxylic acids is 1. The van der Waals surface area contributed by atoms with Crippen molar-refractivity contribution in [2.75, 3.05) is 6.54 Å². The second-order valence-electron chi connectivity index (χ2n) is 5.74. The van der Waals surface area contributed by atoms with Gasteiger partial charge in [0.05, 0.1) is 10.7 Å². The number of aromatic nitrogens is 1. The molecule has 4 heteroatoms. The van der Waals surface area contributed by atoms with Gasteiger partial charge in [-0.15, -0.1) is 11.3 Å². The summed E-state index contributed by atoms with van der Waals surface area (Å²) in [5.74, 6) is 0.231. The third-order valence-electron chi connectivity index (χ3n) is 4.15. The fourth-order valence-corrected chi connectivity index (χ4v) is 3.82. The molecule has 0 bridgehead atoms. The lowest BCUT2D eigenvalue weighted by molar-refractivity contribution is -0.129. The van der Waals surface area contributed by atoms with Crippen LogP contribution in [0.15, 0.2) is 0 Å². The first-order chi connectivity index (χ1) is 9.05. The van der Waals surface area contributed by atoms with E-state index < -0.39 is 0 Å². The first-order valence-corrected chi connectivity index (χ1v) is 8.10. The molecule has 0 saturated heterocycles.